The molecule has 0 fully saturated rings. The number of carbonyl (C=O) groups excluding carboxylic acids is 1. The van der Waals surface area contributed by atoms with Crippen molar-refractivity contribution >= 4 is 44.4 Å². The maximum Gasteiger partial charge on any atom is 0.338 e. The van der Waals surface area contributed by atoms with E-state index < -0.39 is 0 Å². The van der Waals surface area contributed by atoms with Gasteiger partial charge in [-0.2, -0.15) is 0 Å². The fraction of sp³-hybridized carbons (Fsp3) is 0.0909. The molecule has 2 aromatic rings. The first-order valence-electron chi connectivity index (χ1n) is 4.45. The Morgan fingerprint density at radius 3 is 2.94 bits per heavy atom. The fourth-order valence-corrected chi connectivity index (χ4v) is 1.93. The molecule has 0 saturated heterocycles. The molecule has 0 N–H and O–H groups in total. The van der Waals surface area contributed by atoms with E-state index in [0.717, 1.165) is 4.47 Å². The van der Waals surface area contributed by atoms with Crippen LogP contribution in [0.1, 0.15) is 10.4 Å². The summed E-state index contributed by atoms with van der Waals surface area (Å²) in [5, 5.41) is 1.27. The van der Waals surface area contributed by atoms with Crippen LogP contribution in [0.4, 0.5) is 0 Å². The molecule has 0 radical (unpaired) electrons. The SMILES string of the molecule is COC(=O)c1ccnc2cc(Cl)c(Br)cc12. The van der Waals surface area contributed by atoms with Crippen molar-refractivity contribution in [3.8, 4) is 0 Å². The van der Waals surface area contributed by atoms with Gasteiger partial charge in [0, 0.05) is 16.1 Å². The number of ether oxygens (including phenoxy) is 1. The summed E-state index contributed by atoms with van der Waals surface area (Å²) < 4.78 is 5.42. The summed E-state index contributed by atoms with van der Waals surface area (Å²) in [5.41, 5.74) is 1.14. The summed E-state index contributed by atoms with van der Waals surface area (Å²) in [5.74, 6) is -0.387. The lowest BCUT2D eigenvalue weighted by atomic mass is 10.1. The highest BCUT2D eigenvalue weighted by Crippen LogP contribution is 2.29. The quantitative estimate of drug-likeness (QED) is 0.757. The molecule has 2 rings (SSSR count). The molecule has 0 aliphatic heterocycles. The first-order chi connectivity index (χ1) is 7.63. The highest BCUT2D eigenvalue weighted by molar-refractivity contribution is 9.10. The van der Waals surface area contributed by atoms with Gasteiger partial charge in [-0.05, 0) is 34.1 Å². The second-order valence-electron chi connectivity index (χ2n) is 3.13. The number of rotatable bonds is 1. The van der Waals surface area contributed by atoms with Crippen LogP contribution in [-0.2, 0) is 4.74 Å². The zero-order chi connectivity index (χ0) is 11.7. The second-order valence-corrected chi connectivity index (χ2v) is 4.40. The van der Waals surface area contributed by atoms with Crippen LogP contribution in [0.2, 0.25) is 5.02 Å². The van der Waals surface area contributed by atoms with E-state index in [0.29, 0.717) is 21.5 Å². The van der Waals surface area contributed by atoms with Crippen molar-refractivity contribution < 1.29 is 9.53 Å². The third-order valence-corrected chi connectivity index (χ3v) is 3.39. The number of benzene rings is 1. The van der Waals surface area contributed by atoms with Gasteiger partial charge in [0.1, 0.15) is 0 Å². The average Bonchev–Trinajstić information content (AvgIpc) is 2.29. The summed E-state index contributed by atoms with van der Waals surface area (Å²) in [6, 6.07) is 5.08. The van der Waals surface area contributed by atoms with Gasteiger partial charge in [-0.3, -0.25) is 4.98 Å². The second kappa shape index (κ2) is 4.39. The monoisotopic (exact) mass is 299 g/mol. The molecule has 3 nitrogen and oxygen atoms in total. The maximum absolute atomic E-state index is 11.5. The van der Waals surface area contributed by atoms with Crippen LogP contribution in [0.25, 0.3) is 10.9 Å². The maximum atomic E-state index is 11.5. The molecule has 82 valence electrons. The molecule has 5 heteroatoms. The van der Waals surface area contributed by atoms with E-state index in [-0.39, 0.29) is 5.97 Å². The van der Waals surface area contributed by atoms with Crippen molar-refractivity contribution in [2.45, 2.75) is 0 Å². The predicted molar refractivity (Wildman–Crippen MR) is 65.8 cm³/mol. The topological polar surface area (TPSA) is 39.2 Å². The number of fused-ring (bicyclic) bond motifs is 1. The van der Waals surface area contributed by atoms with Crippen LogP contribution >= 0.6 is 27.5 Å². The summed E-state index contributed by atoms with van der Waals surface area (Å²) in [6.45, 7) is 0. The lowest BCUT2D eigenvalue weighted by molar-refractivity contribution is 0.0603. The smallest absolute Gasteiger partial charge is 0.338 e. The van der Waals surface area contributed by atoms with Crippen LogP contribution < -0.4 is 0 Å². The third kappa shape index (κ3) is 1.90. The normalized spacial score (nSPS) is 10.4. The van der Waals surface area contributed by atoms with Crippen molar-refractivity contribution in [1.82, 2.24) is 4.98 Å². The Morgan fingerprint density at radius 1 is 1.50 bits per heavy atom. The first kappa shape index (κ1) is 11.4. The largest absolute Gasteiger partial charge is 0.465 e. The van der Waals surface area contributed by atoms with E-state index in [4.69, 9.17) is 16.3 Å². The summed E-state index contributed by atoms with van der Waals surface area (Å²) >= 11 is 9.26. The van der Waals surface area contributed by atoms with Crippen molar-refractivity contribution in [3.05, 3.63) is 39.5 Å². The molecule has 1 aromatic heterocycles. The number of pyridine rings is 1. The molecule has 0 bridgehead atoms. The van der Waals surface area contributed by atoms with Crippen LogP contribution in [0.5, 0.6) is 0 Å². The van der Waals surface area contributed by atoms with E-state index in [9.17, 15) is 4.79 Å². The van der Waals surface area contributed by atoms with Gasteiger partial charge in [0.25, 0.3) is 0 Å². The number of halogens is 2. The molecular formula is C11H7BrClNO2. The van der Waals surface area contributed by atoms with Gasteiger partial charge < -0.3 is 4.74 Å². The Balaban J connectivity index is 2.77. The number of hydrogen-bond acceptors (Lipinski definition) is 3. The van der Waals surface area contributed by atoms with Gasteiger partial charge in [0.05, 0.1) is 23.2 Å². The van der Waals surface area contributed by atoms with Crippen molar-refractivity contribution in [3.63, 3.8) is 0 Å². The van der Waals surface area contributed by atoms with Crippen LogP contribution in [0.3, 0.4) is 0 Å². The number of nitrogens with zero attached hydrogens (tertiary/aromatic N) is 1. The molecule has 0 atom stereocenters. The van der Waals surface area contributed by atoms with E-state index >= 15 is 0 Å². The van der Waals surface area contributed by atoms with Gasteiger partial charge in [-0.1, -0.05) is 11.6 Å². The van der Waals surface area contributed by atoms with E-state index in [2.05, 4.69) is 20.9 Å². The molecule has 0 amide bonds. The van der Waals surface area contributed by atoms with E-state index in [1.807, 2.05) is 0 Å². The minimum atomic E-state index is -0.387. The van der Waals surface area contributed by atoms with Gasteiger partial charge in [-0.25, -0.2) is 4.79 Å². The number of esters is 1. The Morgan fingerprint density at radius 2 is 2.25 bits per heavy atom. The van der Waals surface area contributed by atoms with Gasteiger partial charge >= 0.3 is 5.97 Å². The average molecular weight is 301 g/mol. The van der Waals surface area contributed by atoms with Gasteiger partial charge in [0.2, 0.25) is 0 Å². The standard InChI is InChI=1S/C11H7BrClNO2/c1-16-11(15)6-2-3-14-10-5-9(13)8(12)4-7(6)10/h2-5H,1H3. The summed E-state index contributed by atoms with van der Waals surface area (Å²) in [4.78, 5) is 15.7. The summed E-state index contributed by atoms with van der Waals surface area (Å²) in [6.07, 6.45) is 1.55. The highest BCUT2D eigenvalue weighted by atomic mass is 79.9. The Kier molecular flexibility index (Phi) is 3.12. The lowest BCUT2D eigenvalue weighted by Crippen LogP contribution is -2.02. The fourth-order valence-electron chi connectivity index (χ4n) is 1.43. The van der Waals surface area contributed by atoms with Crippen LogP contribution in [0, 0.1) is 0 Å². The number of carbonyl (C=O) groups is 1. The van der Waals surface area contributed by atoms with Crippen LogP contribution in [-0.4, -0.2) is 18.1 Å². The molecule has 0 spiro atoms. The molecule has 0 aliphatic carbocycles. The molecular weight excluding hydrogens is 293 g/mol. The van der Waals surface area contributed by atoms with Crippen molar-refractivity contribution in [2.75, 3.05) is 7.11 Å². The summed E-state index contributed by atoms with van der Waals surface area (Å²) in [7, 11) is 1.35. The number of aromatic nitrogens is 1. The number of hydrogen-bond donors (Lipinski definition) is 0. The minimum absolute atomic E-state index is 0.387. The van der Waals surface area contributed by atoms with Gasteiger partial charge in [-0.15, -0.1) is 0 Å². The molecule has 1 heterocycles. The molecule has 0 aliphatic rings. The number of methoxy groups -OCH3 is 1. The van der Waals surface area contributed by atoms with Crippen LogP contribution in [0.15, 0.2) is 28.9 Å². The first-order valence-corrected chi connectivity index (χ1v) is 5.62. The van der Waals surface area contributed by atoms with E-state index in [1.54, 1.807) is 24.4 Å². The minimum Gasteiger partial charge on any atom is -0.465 e. The van der Waals surface area contributed by atoms with Crippen molar-refractivity contribution in [2.24, 2.45) is 0 Å². The molecule has 0 unspecified atom stereocenters. The lowest BCUT2D eigenvalue weighted by Gasteiger charge is -2.05. The predicted octanol–water partition coefficient (Wildman–Crippen LogP) is 3.44. The Hall–Kier alpha value is -1.13. The molecule has 0 saturated carbocycles. The Bertz CT molecular complexity index is 571. The van der Waals surface area contributed by atoms with Crippen molar-refractivity contribution in [1.29, 1.82) is 0 Å². The highest BCUT2D eigenvalue weighted by Gasteiger charge is 2.12. The Labute approximate surface area is 106 Å². The zero-order valence-electron chi connectivity index (χ0n) is 8.33. The molecule has 16 heavy (non-hydrogen) atoms. The van der Waals surface area contributed by atoms with Gasteiger partial charge in [0.15, 0.2) is 0 Å². The van der Waals surface area contributed by atoms with E-state index in [1.165, 1.54) is 7.11 Å². The molecule has 1 aromatic carbocycles. The zero-order valence-corrected chi connectivity index (χ0v) is 10.7. The third-order valence-electron chi connectivity index (χ3n) is 2.19.